The topological polar surface area (TPSA) is 56.8 Å². The second-order valence-electron chi connectivity index (χ2n) is 5.18. The van der Waals surface area contributed by atoms with E-state index in [2.05, 4.69) is 5.32 Å². The summed E-state index contributed by atoms with van der Waals surface area (Å²) < 4.78 is 16.6. The lowest BCUT2D eigenvalue weighted by Gasteiger charge is -2.23. The number of amides is 1. The standard InChI is InChI=1S/C16H22ClNO4/c1-20-15-3-2-12(10-18-16(19)9-17)8-13(15)11-22-14-4-6-21-7-5-14/h2-3,8,14H,4-7,9-11H2,1H3,(H,18,19). The molecule has 0 unspecified atom stereocenters. The van der Waals surface area contributed by atoms with Crippen LogP contribution in [0.3, 0.4) is 0 Å². The maximum absolute atomic E-state index is 11.2. The molecule has 0 bridgehead atoms. The smallest absolute Gasteiger partial charge is 0.235 e. The first-order chi connectivity index (χ1) is 10.7. The quantitative estimate of drug-likeness (QED) is 0.780. The van der Waals surface area contributed by atoms with Gasteiger partial charge in [0, 0.05) is 25.3 Å². The molecule has 6 heteroatoms. The first-order valence-corrected chi connectivity index (χ1v) is 7.94. The highest BCUT2D eigenvalue weighted by Crippen LogP contribution is 2.22. The third kappa shape index (κ3) is 5.16. The molecule has 22 heavy (non-hydrogen) atoms. The van der Waals surface area contributed by atoms with Gasteiger partial charge in [0.05, 0.1) is 19.8 Å². The number of carbonyl (C=O) groups is 1. The van der Waals surface area contributed by atoms with Crippen molar-refractivity contribution < 1.29 is 19.0 Å². The molecule has 0 saturated carbocycles. The fourth-order valence-electron chi connectivity index (χ4n) is 2.35. The van der Waals surface area contributed by atoms with E-state index in [4.69, 9.17) is 25.8 Å². The van der Waals surface area contributed by atoms with Crippen LogP contribution in [-0.2, 0) is 27.4 Å². The minimum absolute atomic E-state index is 0.0319. The Bertz CT molecular complexity index is 489. The molecule has 1 heterocycles. The van der Waals surface area contributed by atoms with Gasteiger partial charge in [-0.25, -0.2) is 0 Å². The van der Waals surface area contributed by atoms with E-state index in [0.29, 0.717) is 13.2 Å². The highest BCUT2D eigenvalue weighted by Gasteiger charge is 2.15. The van der Waals surface area contributed by atoms with Gasteiger partial charge in [0.1, 0.15) is 11.6 Å². The van der Waals surface area contributed by atoms with Crippen molar-refractivity contribution in [2.45, 2.75) is 32.1 Å². The van der Waals surface area contributed by atoms with Crippen LogP contribution in [0.2, 0.25) is 0 Å². The van der Waals surface area contributed by atoms with Gasteiger partial charge in [0.15, 0.2) is 0 Å². The zero-order chi connectivity index (χ0) is 15.8. The molecule has 2 rings (SSSR count). The van der Waals surface area contributed by atoms with E-state index in [1.54, 1.807) is 7.11 Å². The molecule has 0 spiro atoms. The number of ether oxygens (including phenoxy) is 3. The fourth-order valence-corrected chi connectivity index (χ4v) is 2.45. The number of rotatable bonds is 7. The van der Waals surface area contributed by atoms with Crippen molar-refractivity contribution in [3.63, 3.8) is 0 Å². The van der Waals surface area contributed by atoms with Gasteiger partial charge >= 0.3 is 0 Å². The van der Waals surface area contributed by atoms with Gasteiger partial charge in [0.25, 0.3) is 0 Å². The number of halogens is 1. The SMILES string of the molecule is COc1ccc(CNC(=O)CCl)cc1COC1CCOCC1. The minimum Gasteiger partial charge on any atom is -0.496 e. The van der Waals surface area contributed by atoms with E-state index in [1.807, 2.05) is 18.2 Å². The zero-order valence-corrected chi connectivity index (χ0v) is 13.5. The van der Waals surface area contributed by atoms with Gasteiger partial charge in [-0.1, -0.05) is 6.07 Å². The summed E-state index contributed by atoms with van der Waals surface area (Å²) >= 11 is 5.47. The number of nitrogens with one attached hydrogen (secondary N) is 1. The number of alkyl halides is 1. The van der Waals surface area contributed by atoms with E-state index in [0.717, 1.165) is 42.9 Å². The number of hydrogen-bond donors (Lipinski definition) is 1. The summed E-state index contributed by atoms with van der Waals surface area (Å²) in [4.78, 5) is 11.2. The molecule has 1 aromatic rings. The van der Waals surface area contributed by atoms with Crippen LogP contribution in [0.25, 0.3) is 0 Å². The lowest BCUT2D eigenvalue weighted by molar-refractivity contribution is -0.118. The first-order valence-electron chi connectivity index (χ1n) is 7.40. The van der Waals surface area contributed by atoms with Crippen molar-refractivity contribution >= 4 is 17.5 Å². The number of hydrogen-bond acceptors (Lipinski definition) is 4. The Balaban J connectivity index is 1.95. The molecule has 0 aromatic heterocycles. The molecule has 0 aliphatic carbocycles. The van der Waals surface area contributed by atoms with Crippen LogP contribution >= 0.6 is 11.6 Å². The molecule has 5 nitrogen and oxygen atoms in total. The minimum atomic E-state index is -0.183. The predicted octanol–water partition coefficient (Wildman–Crippen LogP) is 2.25. The Kier molecular flexibility index (Phi) is 6.96. The molecule has 1 aliphatic heterocycles. The van der Waals surface area contributed by atoms with Gasteiger partial charge < -0.3 is 19.5 Å². The molecule has 1 N–H and O–H groups in total. The summed E-state index contributed by atoms with van der Waals surface area (Å²) in [6, 6.07) is 5.81. The Labute approximate surface area is 135 Å². The summed E-state index contributed by atoms with van der Waals surface area (Å²) in [6.07, 6.45) is 2.08. The van der Waals surface area contributed by atoms with Crippen LogP contribution in [0.1, 0.15) is 24.0 Å². The highest BCUT2D eigenvalue weighted by molar-refractivity contribution is 6.27. The maximum atomic E-state index is 11.2. The van der Waals surface area contributed by atoms with E-state index < -0.39 is 0 Å². The van der Waals surface area contributed by atoms with Crippen molar-refractivity contribution in [2.24, 2.45) is 0 Å². The molecule has 0 radical (unpaired) electrons. The molecule has 1 saturated heterocycles. The molecule has 1 aliphatic rings. The average molecular weight is 328 g/mol. The molecule has 1 amide bonds. The van der Waals surface area contributed by atoms with Crippen molar-refractivity contribution in [1.82, 2.24) is 5.32 Å². The maximum Gasteiger partial charge on any atom is 0.235 e. The third-order valence-corrected chi connectivity index (χ3v) is 3.84. The van der Waals surface area contributed by atoms with Crippen LogP contribution in [0.15, 0.2) is 18.2 Å². The van der Waals surface area contributed by atoms with Crippen LogP contribution in [0.4, 0.5) is 0 Å². The Morgan fingerprint density at radius 3 is 2.86 bits per heavy atom. The molecule has 1 fully saturated rings. The van der Waals surface area contributed by atoms with Gasteiger partial charge in [-0.05, 0) is 30.5 Å². The van der Waals surface area contributed by atoms with E-state index >= 15 is 0 Å². The van der Waals surface area contributed by atoms with Crippen LogP contribution in [0, 0.1) is 0 Å². The Hall–Kier alpha value is -1.30. The molecule has 122 valence electrons. The predicted molar refractivity (Wildman–Crippen MR) is 84.2 cm³/mol. The normalized spacial score (nSPS) is 15.5. The number of methoxy groups -OCH3 is 1. The van der Waals surface area contributed by atoms with E-state index in [-0.39, 0.29) is 17.9 Å². The number of benzene rings is 1. The molecule has 0 atom stereocenters. The molecular formula is C16H22ClNO4. The van der Waals surface area contributed by atoms with Crippen LogP contribution < -0.4 is 10.1 Å². The van der Waals surface area contributed by atoms with Gasteiger partial charge in [-0.2, -0.15) is 0 Å². The van der Waals surface area contributed by atoms with Crippen molar-refractivity contribution in [3.8, 4) is 5.75 Å². The van der Waals surface area contributed by atoms with E-state index in [9.17, 15) is 4.79 Å². The van der Waals surface area contributed by atoms with Gasteiger partial charge in [-0.3, -0.25) is 4.79 Å². The lowest BCUT2D eigenvalue weighted by Crippen LogP contribution is -2.24. The van der Waals surface area contributed by atoms with Crippen LogP contribution in [-0.4, -0.2) is 38.2 Å². The summed E-state index contributed by atoms with van der Waals surface area (Å²) in [7, 11) is 1.64. The Morgan fingerprint density at radius 2 is 2.18 bits per heavy atom. The molecular weight excluding hydrogens is 306 g/mol. The monoisotopic (exact) mass is 327 g/mol. The first kappa shape index (κ1) is 17.1. The largest absolute Gasteiger partial charge is 0.496 e. The van der Waals surface area contributed by atoms with Gasteiger partial charge in [-0.15, -0.1) is 11.6 Å². The summed E-state index contributed by atoms with van der Waals surface area (Å²) in [5.74, 6) is 0.576. The third-order valence-electron chi connectivity index (χ3n) is 3.60. The fraction of sp³-hybridized carbons (Fsp3) is 0.562. The average Bonchev–Trinajstić information content (AvgIpc) is 2.58. The van der Waals surface area contributed by atoms with Gasteiger partial charge in [0.2, 0.25) is 5.91 Å². The second-order valence-corrected chi connectivity index (χ2v) is 5.45. The zero-order valence-electron chi connectivity index (χ0n) is 12.8. The van der Waals surface area contributed by atoms with Crippen molar-refractivity contribution in [2.75, 3.05) is 26.2 Å². The summed E-state index contributed by atoms with van der Waals surface area (Å²) in [6.45, 7) is 2.45. The summed E-state index contributed by atoms with van der Waals surface area (Å²) in [5, 5.41) is 2.75. The van der Waals surface area contributed by atoms with E-state index in [1.165, 1.54) is 0 Å². The second kappa shape index (κ2) is 8.98. The molecule has 1 aromatic carbocycles. The number of carbonyl (C=O) groups excluding carboxylic acids is 1. The lowest BCUT2D eigenvalue weighted by atomic mass is 10.1. The van der Waals surface area contributed by atoms with Crippen LogP contribution in [0.5, 0.6) is 5.75 Å². The van der Waals surface area contributed by atoms with Crippen molar-refractivity contribution in [1.29, 1.82) is 0 Å². The Morgan fingerprint density at radius 1 is 1.41 bits per heavy atom. The highest BCUT2D eigenvalue weighted by atomic mass is 35.5. The summed E-state index contributed by atoms with van der Waals surface area (Å²) in [5.41, 5.74) is 1.97. The van der Waals surface area contributed by atoms with Crippen molar-refractivity contribution in [3.05, 3.63) is 29.3 Å².